The first kappa shape index (κ1) is 8.02. The third kappa shape index (κ3) is 1.69. The van der Waals surface area contributed by atoms with Gasteiger partial charge in [0.2, 0.25) is 0 Å². The smallest absolute Gasteiger partial charge is 0.0272 e. The Bertz CT molecular complexity index is 251. The first-order valence-electron chi connectivity index (χ1n) is 3.72. The molecule has 0 saturated heterocycles. The molecule has 1 atom stereocenters. The maximum Gasteiger partial charge on any atom is 0.0272 e. The van der Waals surface area contributed by atoms with Crippen LogP contribution >= 0.6 is 0 Å². The van der Waals surface area contributed by atoms with Gasteiger partial charge < -0.3 is 5.73 Å². The maximum absolute atomic E-state index is 5.74. The molecule has 0 aliphatic carbocycles. The fourth-order valence-electron chi connectivity index (χ4n) is 1.11. The molecule has 1 rings (SSSR count). The van der Waals surface area contributed by atoms with Crippen LogP contribution in [0.15, 0.2) is 30.8 Å². The predicted octanol–water partition coefficient (Wildman–Crippen LogP) is 2.35. The second-order valence-electron chi connectivity index (χ2n) is 2.62. The summed E-state index contributed by atoms with van der Waals surface area (Å²) in [5.41, 5.74) is 8.02. The van der Waals surface area contributed by atoms with Gasteiger partial charge >= 0.3 is 0 Å². The monoisotopic (exact) mass is 147 g/mol. The van der Waals surface area contributed by atoms with Gasteiger partial charge in [0.15, 0.2) is 0 Å². The number of hydrogen-bond acceptors (Lipinski definition) is 1. The quantitative estimate of drug-likeness (QED) is 0.682. The third-order valence-electron chi connectivity index (χ3n) is 1.71. The lowest BCUT2D eigenvalue weighted by Gasteiger charge is -2.08. The van der Waals surface area contributed by atoms with Gasteiger partial charge in [-0.1, -0.05) is 36.9 Å². The van der Waals surface area contributed by atoms with Gasteiger partial charge in [-0.25, -0.2) is 0 Å². The summed E-state index contributed by atoms with van der Waals surface area (Å²) in [5, 5.41) is 0. The van der Waals surface area contributed by atoms with Crippen LogP contribution in [0.4, 0.5) is 0 Å². The molecule has 58 valence electrons. The highest BCUT2D eigenvalue weighted by Gasteiger charge is 2.01. The summed E-state index contributed by atoms with van der Waals surface area (Å²) < 4.78 is 0. The Hall–Kier alpha value is -1.08. The molecule has 0 saturated carbocycles. The summed E-state index contributed by atoms with van der Waals surface area (Å²) in [6.07, 6.45) is 1.83. The SMILES string of the molecule is C=Cc1ccccc1[C@@H](C)N. The van der Waals surface area contributed by atoms with Gasteiger partial charge in [-0.2, -0.15) is 0 Å². The molecule has 1 heteroatoms. The van der Waals surface area contributed by atoms with E-state index in [2.05, 4.69) is 6.58 Å². The lowest BCUT2D eigenvalue weighted by atomic mass is 10.0. The van der Waals surface area contributed by atoms with Gasteiger partial charge in [0.25, 0.3) is 0 Å². The summed E-state index contributed by atoms with van der Waals surface area (Å²) in [6, 6.07) is 8.12. The molecule has 0 aliphatic heterocycles. The van der Waals surface area contributed by atoms with Gasteiger partial charge in [0, 0.05) is 6.04 Å². The number of nitrogens with two attached hydrogens (primary N) is 1. The Labute approximate surface area is 67.5 Å². The van der Waals surface area contributed by atoms with Gasteiger partial charge in [0.05, 0.1) is 0 Å². The van der Waals surface area contributed by atoms with E-state index >= 15 is 0 Å². The molecule has 0 unspecified atom stereocenters. The fourth-order valence-corrected chi connectivity index (χ4v) is 1.11. The fraction of sp³-hybridized carbons (Fsp3) is 0.200. The first-order chi connectivity index (χ1) is 5.25. The van der Waals surface area contributed by atoms with Crippen molar-refractivity contribution in [2.24, 2.45) is 5.73 Å². The molecule has 0 radical (unpaired) electrons. The van der Waals surface area contributed by atoms with Crippen LogP contribution in [-0.4, -0.2) is 0 Å². The molecule has 0 aliphatic rings. The zero-order chi connectivity index (χ0) is 8.27. The summed E-state index contributed by atoms with van der Waals surface area (Å²) in [4.78, 5) is 0. The molecule has 11 heavy (non-hydrogen) atoms. The minimum absolute atomic E-state index is 0.0872. The summed E-state index contributed by atoms with van der Waals surface area (Å²) in [6.45, 7) is 5.69. The summed E-state index contributed by atoms with van der Waals surface area (Å²) in [7, 11) is 0. The van der Waals surface area contributed by atoms with Crippen molar-refractivity contribution in [3.05, 3.63) is 42.0 Å². The van der Waals surface area contributed by atoms with Gasteiger partial charge in [-0.05, 0) is 18.1 Å². The highest BCUT2D eigenvalue weighted by Crippen LogP contribution is 2.15. The van der Waals surface area contributed by atoms with Crippen LogP contribution in [0, 0.1) is 0 Å². The molecule has 0 fully saturated rings. The highest BCUT2D eigenvalue weighted by atomic mass is 14.6. The van der Waals surface area contributed by atoms with Crippen LogP contribution < -0.4 is 5.73 Å². The van der Waals surface area contributed by atoms with E-state index in [-0.39, 0.29) is 6.04 Å². The van der Waals surface area contributed by atoms with Crippen molar-refractivity contribution in [2.45, 2.75) is 13.0 Å². The molecule has 0 aromatic heterocycles. The number of hydrogen-bond donors (Lipinski definition) is 1. The van der Waals surface area contributed by atoms with Crippen molar-refractivity contribution >= 4 is 6.08 Å². The molecule has 1 nitrogen and oxygen atoms in total. The Morgan fingerprint density at radius 3 is 2.55 bits per heavy atom. The zero-order valence-corrected chi connectivity index (χ0v) is 6.75. The predicted molar refractivity (Wildman–Crippen MR) is 49.1 cm³/mol. The Morgan fingerprint density at radius 2 is 2.09 bits per heavy atom. The number of rotatable bonds is 2. The Morgan fingerprint density at radius 1 is 1.45 bits per heavy atom. The van der Waals surface area contributed by atoms with Gasteiger partial charge in [0.1, 0.15) is 0 Å². The molecule has 0 amide bonds. The summed E-state index contributed by atoms with van der Waals surface area (Å²) >= 11 is 0. The third-order valence-corrected chi connectivity index (χ3v) is 1.71. The van der Waals surface area contributed by atoms with Crippen LogP contribution in [0.25, 0.3) is 6.08 Å². The lowest BCUT2D eigenvalue weighted by molar-refractivity contribution is 0.816. The topological polar surface area (TPSA) is 26.0 Å². The van der Waals surface area contributed by atoms with Crippen molar-refractivity contribution < 1.29 is 0 Å². The second kappa shape index (κ2) is 3.35. The van der Waals surface area contributed by atoms with Crippen molar-refractivity contribution in [1.29, 1.82) is 0 Å². The van der Waals surface area contributed by atoms with E-state index in [0.717, 1.165) is 11.1 Å². The van der Waals surface area contributed by atoms with Crippen molar-refractivity contribution in [2.75, 3.05) is 0 Å². The van der Waals surface area contributed by atoms with Crippen LogP contribution in [0.3, 0.4) is 0 Å². The van der Waals surface area contributed by atoms with E-state index in [1.165, 1.54) is 0 Å². The number of benzene rings is 1. The van der Waals surface area contributed by atoms with E-state index < -0.39 is 0 Å². The molecule has 0 bridgehead atoms. The molecule has 1 aromatic carbocycles. The molecular formula is C10H13N. The summed E-state index contributed by atoms with van der Waals surface area (Å²) in [5.74, 6) is 0. The average molecular weight is 147 g/mol. The highest BCUT2D eigenvalue weighted by molar-refractivity contribution is 5.52. The van der Waals surface area contributed by atoms with Crippen LogP contribution in [0.5, 0.6) is 0 Å². The standard InChI is InChI=1S/C10H13N/c1-3-9-6-4-5-7-10(9)8(2)11/h3-8H,1,11H2,2H3/t8-/m1/s1. The normalized spacial score (nSPS) is 12.5. The van der Waals surface area contributed by atoms with Crippen molar-refractivity contribution in [1.82, 2.24) is 0 Å². The molecule has 0 spiro atoms. The minimum atomic E-state index is 0.0872. The van der Waals surface area contributed by atoms with Crippen LogP contribution in [-0.2, 0) is 0 Å². The molecular weight excluding hydrogens is 134 g/mol. The van der Waals surface area contributed by atoms with Crippen LogP contribution in [0.1, 0.15) is 24.1 Å². The van der Waals surface area contributed by atoms with Crippen molar-refractivity contribution in [3.63, 3.8) is 0 Å². The zero-order valence-electron chi connectivity index (χ0n) is 6.75. The Kier molecular flexibility index (Phi) is 2.44. The Balaban J connectivity index is 3.12. The minimum Gasteiger partial charge on any atom is -0.324 e. The maximum atomic E-state index is 5.74. The first-order valence-corrected chi connectivity index (χ1v) is 3.72. The molecule has 1 aromatic rings. The van der Waals surface area contributed by atoms with E-state index in [9.17, 15) is 0 Å². The van der Waals surface area contributed by atoms with E-state index in [1.54, 1.807) is 0 Å². The van der Waals surface area contributed by atoms with Gasteiger partial charge in [-0.3, -0.25) is 0 Å². The second-order valence-corrected chi connectivity index (χ2v) is 2.62. The molecule has 0 heterocycles. The lowest BCUT2D eigenvalue weighted by Crippen LogP contribution is -2.06. The largest absolute Gasteiger partial charge is 0.324 e. The van der Waals surface area contributed by atoms with Gasteiger partial charge in [-0.15, -0.1) is 0 Å². The molecule has 2 N–H and O–H groups in total. The van der Waals surface area contributed by atoms with Crippen molar-refractivity contribution in [3.8, 4) is 0 Å². The van der Waals surface area contributed by atoms with E-state index in [4.69, 9.17) is 5.73 Å². The average Bonchev–Trinajstić information content (AvgIpc) is 2.04. The van der Waals surface area contributed by atoms with E-state index in [0.29, 0.717) is 0 Å². The van der Waals surface area contributed by atoms with E-state index in [1.807, 2.05) is 37.3 Å². The van der Waals surface area contributed by atoms with Crippen LogP contribution in [0.2, 0.25) is 0 Å².